The van der Waals surface area contributed by atoms with Crippen molar-refractivity contribution in [3.05, 3.63) is 105 Å². The lowest BCUT2D eigenvalue weighted by Crippen LogP contribution is -2.24. The number of benzene rings is 3. The van der Waals surface area contributed by atoms with Crippen molar-refractivity contribution in [3.63, 3.8) is 0 Å². The summed E-state index contributed by atoms with van der Waals surface area (Å²) in [5.74, 6) is 0.385. The van der Waals surface area contributed by atoms with E-state index >= 15 is 0 Å². The van der Waals surface area contributed by atoms with Gasteiger partial charge in [-0.3, -0.25) is 9.36 Å². The smallest absolute Gasteiger partial charge is 0.338 e. The maximum Gasteiger partial charge on any atom is 0.416 e. The van der Waals surface area contributed by atoms with Crippen LogP contribution in [-0.2, 0) is 18.5 Å². The molecule has 0 spiro atoms. The minimum atomic E-state index is -4.48. The highest BCUT2D eigenvalue weighted by atomic mass is 35.5. The van der Waals surface area contributed by atoms with Crippen molar-refractivity contribution in [2.45, 2.75) is 23.6 Å². The fraction of sp³-hybridized carbons (Fsp3) is 0.120. The van der Waals surface area contributed by atoms with Crippen LogP contribution in [0, 0.1) is 0 Å². The summed E-state index contributed by atoms with van der Waals surface area (Å²) in [6.45, 7) is 0.249. The molecular formula is C25H16ClF3N4O2S. The first-order valence-corrected chi connectivity index (χ1v) is 12.0. The van der Waals surface area contributed by atoms with E-state index in [4.69, 9.17) is 16.1 Å². The third-order valence-electron chi connectivity index (χ3n) is 5.30. The molecule has 0 aliphatic heterocycles. The molecule has 0 saturated carbocycles. The molecule has 11 heteroatoms. The van der Waals surface area contributed by atoms with Crippen molar-refractivity contribution in [1.29, 1.82) is 0 Å². The van der Waals surface area contributed by atoms with E-state index in [2.05, 4.69) is 15.1 Å². The van der Waals surface area contributed by atoms with Crippen LogP contribution in [0.3, 0.4) is 0 Å². The molecule has 0 radical (unpaired) electrons. The molecule has 3 aromatic carbocycles. The van der Waals surface area contributed by atoms with Gasteiger partial charge in [-0.15, -0.1) is 0 Å². The number of hydrogen-bond acceptors (Lipinski definition) is 6. The molecular weight excluding hydrogens is 513 g/mol. The van der Waals surface area contributed by atoms with Gasteiger partial charge in [0.05, 0.1) is 28.8 Å². The molecule has 0 bridgehead atoms. The van der Waals surface area contributed by atoms with E-state index in [1.54, 1.807) is 47.0 Å². The van der Waals surface area contributed by atoms with Crippen LogP contribution in [-0.4, -0.2) is 19.7 Å². The number of nitrogens with zero attached hydrogens (tertiary/aromatic N) is 4. The molecule has 182 valence electrons. The zero-order valence-electron chi connectivity index (χ0n) is 18.4. The lowest BCUT2D eigenvalue weighted by Gasteiger charge is -2.13. The van der Waals surface area contributed by atoms with Gasteiger partial charge in [-0.2, -0.15) is 18.2 Å². The van der Waals surface area contributed by atoms with Gasteiger partial charge < -0.3 is 4.52 Å². The molecule has 0 saturated heterocycles. The fourth-order valence-corrected chi connectivity index (χ4v) is 4.66. The summed E-state index contributed by atoms with van der Waals surface area (Å²) in [5, 5.41) is 5.28. The average molecular weight is 529 g/mol. The van der Waals surface area contributed by atoms with Gasteiger partial charge in [0.1, 0.15) is 0 Å². The van der Waals surface area contributed by atoms with Crippen molar-refractivity contribution in [2.75, 3.05) is 0 Å². The second kappa shape index (κ2) is 9.79. The molecule has 0 atom stereocenters. The standard InChI is InChI=1S/C25H16ClF3N4O2S/c26-18-8-3-5-15(11-18)13-33-23(34)19-9-1-2-10-20(19)30-24(33)36-14-21-31-22(32-35-21)16-6-4-7-17(12-16)25(27,28)29/h1-12H,13-14H2. The van der Waals surface area contributed by atoms with E-state index in [1.807, 2.05) is 6.07 Å². The number of aromatic nitrogens is 4. The second-order valence-electron chi connectivity index (χ2n) is 7.81. The summed E-state index contributed by atoms with van der Waals surface area (Å²) in [6.07, 6.45) is -4.48. The number of thioether (sulfide) groups is 1. The Bertz CT molecular complexity index is 1620. The SMILES string of the molecule is O=c1c2ccccc2nc(SCc2nc(-c3cccc(C(F)(F)F)c3)no2)n1Cc1cccc(Cl)c1. The van der Waals surface area contributed by atoms with E-state index in [1.165, 1.54) is 23.9 Å². The minimum absolute atomic E-state index is 0.0412. The van der Waals surface area contributed by atoms with Crippen LogP contribution in [0.5, 0.6) is 0 Å². The van der Waals surface area contributed by atoms with Crippen LogP contribution in [0.15, 0.2) is 87.3 Å². The number of rotatable bonds is 6. The Labute approximate surface area is 211 Å². The molecule has 0 fully saturated rings. The maximum absolute atomic E-state index is 13.3. The molecule has 6 nitrogen and oxygen atoms in total. The maximum atomic E-state index is 13.3. The lowest BCUT2D eigenvalue weighted by molar-refractivity contribution is -0.137. The minimum Gasteiger partial charge on any atom is -0.338 e. The molecule has 0 aliphatic rings. The zero-order chi connectivity index (χ0) is 25.3. The molecule has 5 aromatic rings. The quantitative estimate of drug-likeness (QED) is 0.186. The highest BCUT2D eigenvalue weighted by molar-refractivity contribution is 7.98. The molecule has 0 aliphatic carbocycles. The first-order chi connectivity index (χ1) is 17.3. The van der Waals surface area contributed by atoms with Gasteiger partial charge in [0.2, 0.25) is 11.7 Å². The van der Waals surface area contributed by atoms with E-state index in [0.717, 1.165) is 17.7 Å². The Balaban J connectivity index is 1.44. The molecule has 0 N–H and O–H groups in total. The van der Waals surface area contributed by atoms with Crippen molar-refractivity contribution < 1.29 is 17.7 Å². The van der Waals surface area contributed by atoms with E-state index in [-0.39, 0.29) is 35.1 Å². The van der Waals surface area contributed by atoms with Crippen molar-refractivity contribution in [1.82, 2.24) is 19.7 Å². The van der Waals surface area contributed by atoms with Crippen LogP contribution in [0.2, 0.25) is 5.02 Å². The molecule has 0 amide bonds. The number of para-hydroxylation sites is 1. The summed E-state index contributed by atoms with van der Waals surface area (Å²) in [6, 6.07) is 18.9. The summed E-state index contributed by atoms with van der Waals surface area (Å²) in [4.78, 5) is 22.2. The van der Waals surface area contributed by atoms with Crippen LogP contribution in [0.4, 0.5) is 13.2 Å². The summed E-state index contributed by atoms with van der Waals surface area (Å²) >= 11 is 7.33. The van der Waals surface area contributed by atoms with Gasteiger partial charge in [-0.05, 0) is 42.0 Å². The van der Waals surface area contributed by atoms with E-state index < -0.39 is 11.7 Å². The fourth-order valence-electron chi connectivity index (χ4n) is 3.61. The number of alkyl halides is 3. The monoisotopic (exact) mass is 528 g/mol. The topological polar surface area (TPSA) is 73.8 Å². The molecule has 5 rings (SSSR count). The molecule has 2 heterocycles. The normalized spacial score (nSPS) is 11.8. The van der Waals surface area contributed by atoms with E-state index in [0.29, 0.717) is 21.1 Å². The van der Waals surface area contributed by atoms with Crippen molar-refractivity contribution in [3.8, 4) is 11.4 Å². The largest absolute Gasteiger partial charge is 0.416 e. The highest BCUT2D eigenvalue weighted by Crippen LogP contribution is 2.32. The predicted molar refractivity (Wildman–Crippen MR) is 131 cm³/mol. The van der Waals surface area contributed by atoms with Gasteiger partial charge >= 0.3 is 6.18 Å². The third-order valence-corrected chi connectivity index (χ3v) is 6.49. The molecule has 2 aromatic heterocycles. The highest BCUT2D eigenvalue weighted by Gasteiger charge is 2.30. The van der Waals surface area contributed by atoms with Crippen molar-refractivity contribution >= 4 is 34.3 Å². The number of fused-ring (bicyclic) bond motifs is 1. The first kappa shape index (κ1) is 24.1. The Kier molecular flexibility index (Phi) is 6.55. The van der Waals surface area contributed by atoms with Crippen LogP contribution in [0.1, 0.15) is 17.0 Å². The number of hydrogen-bond donors (Lipinski definition) is 0. The Morgan fingerprint density at radius 2 is 1.78 bits per heavy atom. The number of halogens is 4. The van der Waals surface area contributed by atoms with Gasteiger partial charge in [-0.1, -0.05) is 64.9 Å². The molecule has 36 heavy (non-hydrogen) atoms. The zero-order valence-corrected chi connectivity index (χ0v) is 19.9. The van der Waals surface area contributed by atoms with Crippen molar-refractivity contribution in [2.24, 2.45) is 0 Å². The van der Waals surface area contributed by atoms with Crippen LogP contribution >= 0.6 is 23.4 Å². The Morgan fingerprint density at radius 3 is 2.58 bits per heavy atom. The third kappa shape index (κ3) is 5.14. The van der Waals surface area contributed by atoms with Gasteiger partial charge in [0.25, 0.3) is 5.56 Å². The lowest BCUT2D eigenvalue weighted by atomic mass is 10.1. The van der Waals surface area contributed by atoms with Gasteiger partial charge in [0.15, 0.2) is 5.16 Å². The first-order valence-electron chi connectivity index (χ1n) is 10.6. The summed E-state index contributed by atoms with van der Waals surface area (Å²) in [7, 11) is 0. The van der Waals surface area contributed by atoms with E-state index in [9.17, 15) is 18.0 Å². The Hall–Kier alpha value is -3.63. The van der Waals surface area contributed by atoms with Gasteiger partial charge in [0, 0.05) is 10.6 Å². The molecule has 0 unspecified atom stereocenters. The Morgan fingerprint density at radius 1 is 0.972 bits per heavy atom. The summed E-state index contributed by atoms with van der Waals surface area (Å²) in [5.41, 5.74) is 0.548. The summed E-state index contributed by atoms with van der Waals surface area (Å²) < 4.78 is 45.9. The average Bonchev–Trinajstić information content (AvgIpc) is 3.34. The second-order valence-corrected chi connectivity index (χ2v) is 9.19. The van der Waals surface area contributed by atoms with Crippen LogP contribution in [0.25, 0.3) is 22.3 Å². The predicted octanol–water partition coefficient (Wildman–Crippen LogP) is 6.46. The van der Waals surface area contributed by atoms with Gasteiger partial charge in [-0.25, -0.2) is 4.98 Å². The van der Waals surface area contributed by atoms with Crippen LogP contribution < -0.4 is 5.56 Å².